The van der Waals surface area contributed by atoms with E-state index in [0.717, 1.165) is 64.2 Å². The molecule has 11 nitrogen and oxygen atoms in total. The highest BCUT2D eigenvalue weighted by molar-refractivity contribution is 9.10. The summed E-state index contributed by atoms with van der Waals surface area (Å²) in [5.74, 6) is 1.90. The van der Waals surface area contributed by atoms with Crippen molar-refractivity contribution in [2.75, 3.05) is 82.4 Å². The van der Waals surface area contributed by atoms with Gasteiger partial charge < -0.3 is 25.0 Å². The van der Waals surface area contributed by atoms with Crippen LogP contribution in [0.3, 0.4) is 0 Å². The molecule has 4 aromatic rings. The van der Waals surface area contributed by atoms with Crippen molar-refractivity contribution < 1.29 is 9.47 Å². The number of benzene rings is 2. The minimum Gasteiger partial charge on any atom is -0.494 e. The zero-order valence-electron chi connectivity index (χ0n) is 27.7. The van der Waals surface area contributed by atoms with Gasteiger partial charge in [0, 0.05) is 79.6 Å². The summed E-state index contributed by atoms with van der Waals surface area (Å²) < 4.78 is 12.0. The molecule has 3 saturated heterocycles. The smallest absolute Gasteiger partial charge is 0.229 e. The molecule has 2 aromatic heterocycles. The molecule has 3 fully saturated rings. The molecular formula is C34H43BrN9O2P. The van der Waals surface area contributed by atoms with Crippen LogP contribution in [-0.2, 0) is 4.74 Å². The molecule has 5 heterocycles. The van der Waals surface area contributed by atoms with Crippen LogP contribution in [0.25, 0.3) is 11.0 Å². The Morgan fingerprint density at radius 2 is 1.77 bits per heavy atom. The highest BCUT2D eigenvalue weighted by Crippen LogP contribution is 2.38. The van der Waals surface area contributed by atoms with Gasteiger partial charge in [-0.3, -0.25) is 19.8 Å². The van der Waals surface area contributed by atoms with E-state index in [1.165, 1.54) is 37.2 Å². The number of likely N-dealkylation sites (N-methyl/N-ethyl adjacent to an activating group) is 1. The zero-order valence-corrected chi connectivity index (χ0v) is 30.2. The van der Waals surface area contributed by atoms with Crippen LogP contribution in [0, 0.1) is 6.92 Å². The first-order chi connectivity index (χ1) is 22.8. The third kappa shape index (κ3) is 6.63. The number of anilines is 5. The second-order valence-electron chi connectivity index (χ2n) is 12.9. The van der Waals surface area contributed by atoms with Crippen molar-refractivity contribution >= 4 is 69.0 Å². The maximum Gasteiger partial charge on any atom is 0.229 e. The first-order valence-electron chi connectivity index (χ1n) is 16.2. The Labute approximate surface area is 286 Å². The summed E-state index contributed by atoms with van der Waals surface area (Å²) >= 11 is 3.64. The molecule has 7 rings (SSSR count). The Morgan fingerprint density at radius 3 is 2.47 bits per heavy atom. The summed E-state index contributed by atoms with van der Waals surface area (Å²) in [6.07, 6.45) is 7.59. The van der Waals surface area contributed by atoms with Crippen molar-refractivity contribution in [3.63, 3.8) is 0 Å². The normalized spacial score (nSPS) is 18.1. The number of rotatable bonds is 10. The van der Waals surface area contributed by atoms with E-state index in [1.807, 2.05) is 6.07 Å². The molecule has 0 radical (unpaired) electrons. The van der Waals surface area contributed by atoms with Gasteiger partial charge in [0.15, 0.2) is 0 Å². The summed E-state index contributed by atoms with van der Waals surface area (Å²) in [5.41, 5.74) is 6.01. The molecule has 0 spiro atoms. The molecule has 0 bridgehead atoms. The standard InChI is InChI=1S/C34H43BrN9O2P/c1-21-14-28(30(45-3)15-29(21)43-12-8-22(9-13-43)44-17-23(18-44)42(2)24-19-46-20-24)40-34-38-16-25(35)33(41-34)39-27-7-6-26-31(32(27)47(4)5)37-11-10-36-26/h6-7,10-11,14-16,22-24H,8-9,12-13,17-20H2,1-5H3,(H2,38,39,40,41). The third-order valence-corrected chi connectivity index (χ3v) is 11.7. The number of nitrogens with one attached hydrogen (secondary N) is 2. The number of ether oxygens (including phenoxy) is 2. The second-order valence-corrected chi connectivity index (χ2v) is 16.0. The molecule has 47 heavy (non-hydrogen) atoms. The van der Waals surface area contributed by atoms with Gasteiger partial charge in [0.25, 0.3) is 0 Å². The lowest BCUT2D eigenvalue weighted by Gasteiger charge is -2.52. The Morgan fingerprint density at radius 1 is 1.00 bits per heavy atom. The van der Waals surface area contributed by atoms with Crippen molar-refractivity contribution in [2.45, 2.75) is 37.9 Å². The monoisotopic (exact) mass is 719 g/mol. The largest absolute Gasteiger partial charge is 0.494 e. The van der Waals surface area contributed by atoms with E-state index in [2.05, 4.69) is 102 Å². The molecule has 248 valence electrons. The molecule has 0 atom stereocenters. The van der Waals surface area contributed by atoms with Crippen LogP contribution in [0.2, 0.25) is 0 Å². The summed E-state index contributed by atoms with van der Waals surface area (Å²) in [5, 5.41) is 8.11. The van der Waals surface area contributed by atoms with Crippen LogP contribution in [0.1, 0.15) is 18.4 Å². The number of aryl methyl sites for hydroxylation is 1. The van der Waals surface area contributed by atoms with Gasteiger partial charge in [-0.1, -0.05) is 7.92 Å². The Balaban J connectivity index is 1.03. The van der Waals surface area contributed by atoms with Crippen LogP contribution >= 0.6 is 23.9 Å². The first-order valence-corrected chi connectivity index (χ1v) is 19.3. The number of piperidine rings is 1. The van der Waals surface area contributed by atoms with E-state index < -0.39 is 7.92 Å². The number of methoxy groups -OCH3 is 1. The summed E-state index contributed by atoms with van der Waals surface area (Å²) in [7, 11) is 3.51. The minimum absolute atomic E-state index is 0.466. The summed E-state index contributed by atoms with van der Waals surface area (Å²) in [4.78, 5) is 26.3. The fourth-order valence-corrected chi connectivity index (χ4v) is 8.39. The van der Waals surface area contributed by atoms with Gasteiger partial charge in [-0.15, -0.1) is 0 Å². The van der Waals surface area contributed by atoms with Crippen LogP contribution in [0.15, 0.2) is 47.3 Å². The molecule has 3 aliphatic rings. The highest BCUT2D eigenvalue weighted by atomic mass is 79.9. The van der Waals surface area contributed by atoms with Gasteiger partial charge in [-0.2, -0.15) is 4.98 Å². The number of nitrogens with zero attached hydrogens (tertiary/aromatic N) is 7. The molecule has 2 aromatic carbocycles. The van der Waals surface area contributed by atoms with E-state index in [-0.39, 0.29) is 0 Å². The fourth-order valence-electron chi connectivity index (χ4n) is 6.90. The highest BCUT2D eigenvalue weighted by Gasteiger charge is 2.39. The molecule has 13 heteroatoms. The van der Waals surface area contributed by atoms with Crippen molar-refractivity contribution in [1.82, 2.24) is 29.7 Å². The number of likely N-dealkylation sites (tertiary alicyclic amines) is 1. The molecule has 2 N–H and O–H groups in total. The Hall–Kier alpha value is -3.15. The number of hydrogen-bond donors (Lipinski definition) is 2. The number of hydrogen-bond acceptors (Lipinski definition) is 11. The van der Waals surface area contributed by atoms with E-state index in [0.29, 0.717) is 29.9 Å². The van der Waals surface area contributed by atoms with E-state index in [9.17, 15) is 0 Å². The first kappa shape index (κ1) is 32.4. The van der Waals surface area contributed by atoms with Crippen molar-refractivity contribution in [3.05, 3.63) is 52.9 Å². The van der Waals surface area contributed by atoms with E-state index in [1.54, 1.807) is 25.7 Å². The van der Waals surface area contributed by atoms with Crippen LogP contribution < -0.4 is 25.6 Å². The Kier molecular flexibility index (Phi) is 9.49. The predicted molar refractivity (Wildman–Crippen MR) is 195 cm³/mol. The van der Waals surface area contributed by atoms with Crippen molar-refractivity contribution in [3.8, 4) is 5.75 Å². The molecule has 0 saturated carbocycles. The van der Waals surface area contributed by atoms with Crippen LogP contribution in [0.4, 0.5) is 28.8 Å². The topological polar surface area (TPSA) is 104 Å². The van der Waals surface area contributed by atoms with Gasteiger partial charge in [0.05, 0.1) is 47.6 Å². The summed E-state index contributed by atoms with van der Waals surface area (Å²) in [6.45, 7) is 12.8. The number of fused-ring (bicyclic) bond motifs is 1. The third-order valence-electron chi connectivity index (χ3n) is 9.81. The average Bonchev–Trinajstić information content (AvgIpc) is 3.01. The minimum atomic E-state index is -0.466. The Bertz CT molecular complexity index is 1740. The van der Waals surface area contributed by atoms with Crippen LogP contribution in [-0.4, -0.2) is 115 Å². The van der Waals surface area contributed by atoms with Gasteiger partial charge in [0.1, 0.15) is 11.6 Å². The van der Waals surface area contributed by atoms with Gasteiger partial charge >= 0.3 is 0 Å². The lowest BCUT2D eigenvalue weighted by molar-refractivity contribution is -0.0995. The van der Waals surface area contributed by atoms with Crippen LogP contribution in [0.5, 0.6) is 5.75 Å². The maximum absolute atomic E-state index is 5.89. The molecule has 3 aliphatic heterocycles. The summed E-state index contributed by atoms with van der Waals surface area (Å²) in [6, 6.07) is 10.3. The van der Waals surface area contributed by atoms with E-state index in [4.69, 9.17) is 14.5 Å². The van der Waals surface area contributed by atoms with Gasteiger partial charge in [-0.05, 0) is 79.8 Å². The van der Waals surface area contributed by atoms with Gasteiger partial charge in [-0.25, -0.2) is 4.98 Å². The predicted octanol–water partition coefficient (Wildman–Crippen LogP) is 5.34. The molecule has 0 amide bonds. The SMILES string of the molecule is COc1cc(N2CCC(N3CC(N(C)C4COC4)C3)CC2)c(C)cc1Nc1ncc(Br)c(Nc2ccc3nccnc3c2P(C)C)n1. The maximum atomic E-state index is 5.89. The fraction of sp³-hybridized carbons (Fsp3) is 0.471. The molecular weight excluding hydrogens is 677 g/mol. The van der Waals surface area contributed by atoms with Crippen molar-refractivity contribution in [2.24, 2.45) is 0 Å². The lowest BCUT2D eigenvalue weighted by atomic mass is 9.95. The van der Waals surface area contributed by atoms with Gasteiger partial charge in [0.2, 0.25) is 5.95 Å². The molecule has 0 unspecified atom stereocenters. The molecule has 0 aliphatic carbocycles. The number of halogens is 1. The second kappa shape index (κ2) is 13.8. The van der Waals surface area contributed by atoms with E-state index >= 15 is 0 Å². The van der Waals surface area contributed by atoms with Crippen molar-refractivity contribution in [1.29, 1.82) is 0 Å². The lowest BCUT2D eigenvalue weighted by Crippen LogP contribution is -2.66. The zero-order chi connectivity index (χ0) is 32.7. The average molecular weight is 721 g/mol. The number of aromatic nitrogens is 4. The quantitative estimate of drug-likeness (QED) is 0.208.